The normalized spacial score (nSPS) is 11.0. The third kappa shape index (κ3) is 5.59. The minimum absolute atomic E-state index is 0.0898. The van der Waals surface area contributed by atoms with Crippen LogP contribution < -0.4 is 4.74 Å². The predicted molar refractivity (Wildman–Crippen MR) is 137 cm³/mol. The molecule has 4 heteroatoms. The number of hydrogen-bond acceptors (Lipinski definition) is 1. The molecule has 0 unspecified atom stereocenters. The van der Waals surface area contributed by atoms with Gasteiger partial charge in [0.1, 0.15) is 5.82 Å². The molecule has 0 saturated carbocycles. The van der Waals surface area contributed by atoms with Crippen LogP contribution >= 0.6 is 0 Å². The molecule has 0 N–H and O–H groups in total. The number of hydrogen-bond donors (Lipinski definition) is 0. The first-order valence-electron chi connectivity index (χ1n) is 12.1. The molecule has 4 rings (SSSR count). The van der Waals surface area contributed by atoms with E-state index in [0.29, 0.717) is 11.1 Å². The first-order chi connectivity index (χ1) is 17.0. The molecule has 180 valence electrons. The van der Waals surface area contributed by atoms with Crippen molar-refractivity contribution in [3.8, 4) is 39.1 Å². The lowest BCUT2D eigenvalue weighted by atomic mass is 9.96. The van der Waals surface area contributed by atoms with Crippen LogP contribution in [0.5, 0.6) is 5.75 Å². The average Bonchev–Trinajstić information content (AvgIpc) is 2.88. The maximum Gasteiger partial charge on any atom is 0.201 e. The van der Waals surface area contributed by atoms with E-state index in [1.165, 1.54) is 12.1 Å². The van der Waals surface area contributed by atoms with Crippen LogP contribution in [0.15, 0.2) is 78.9 Å². The summed E-state index contributed by atoms with van der Waals surface area (Å²) in [4.78, 5) is 0. The van der Waals surface area contributed by atoms with E-state index in [-0.39, 0.29) is 23.7 Å². The van der Waals surface area contributed by atoms with Crippen molar-refractivity contribution >= 4 is 0 Å². The fourth-order valence-electron chi connectivity index (χ4n) is 4.23. The zero-order valence-corrected chi connectivity index (χ0v) is 20.1. The number of halogens is 3. The van der Waals surface area contributed by atoms with Gasteiger partial charge in [0, 0.05) is 11.1 Å². The average molecular weight is 475 g/mol. The van der Waals surface area contributed by atoms with Gasteiger partial charge in [-0.05, 0) is 65.8 Å². The molecule has 0 saturated heterocycles. The van der Waals surface area contributed by atoms with Crippen molar-refractivity contribution in [1.82, 2.24) is 0 Å². The number of benzene rings is 4. The molecule has 0 fully saturated rings. The number of ether oxygens (including phenoxy) is 1. The van der Waals surface area contributed by atoms with Gasteiger partial charge < -0.3 is 4.74 Å². The molecular formula is C31H29F3O. The van der Waals surface area contributed by atoms with Gasteiger partial charge in [0.2, 0.25) is 5.82 Å². The monoisotopic (exact) mass is 474 g/mol. The quantitative estimate of drug-likeness (QED) is 0.220. The summed E-state index contributed by atoms with van der Waals surface area (Å²) in [5.74, 6) is -2.20. The Bertz CT molecular complexity index is 1280. The van der Waals surface area contributed by atoms with E-state index in [1.807, 2.05) is 48.5 Å². The third-order valence-electron chi connectivity index (χ3n) is 6.17. The highest BCUT2D eigenvalue weighted by Gasteiger charge is 2.15. The Kier molecular flexibility index (Phi) is 7.91. The van der Waals surface area contributed by atoms with Crippen molar-refractivity contribution in [3.05, 3.63) is 102 Å². The maximum absolute atomic E-state index is 14.7. The van der Waals surface area contributed by atoms with E-state index < -0.39 is 11.6 Å². The van der Waals surface area contributed by atoms with Gasteiger partial charge in [-0.25, -0.2) is 8.78 Å². The second kappa shape index (κ2) is 11.3. The van der Waals surface area contributed by atoms with E-state index in [4.69, 9.17) is 4.74 Å². The molecule has 1 nitrogen and oxygen atoms in total. The number of rotatable bonds is 9. The summed E-state index contributed by atoms with van der Waals surface area (Å²) in [6.07, 6.45) is 4.26. The summed E-state index contributed by atoms with van der Waals surface area (Å²) in [6.45, 7) is 4.14. The molecule has 0 heterocycles. The molecule has 0 amide bonds. The minimum Gasteiger partial charge on any atom is -0.491 e. The molecule has 0 spiro atoms. The molecular weight excluding hydrogens is 445 g/mol. The topological polar surface area (TPSA) is 9.23 Å². The lowest BCUT2D eigenvalue weighted by Crippen LogP contribution is -1.98. The summed E-state index contributed by atoms with van der Waals surface area (Å²) in [6, 6.07) is 23.4. The minimum atomic E-state index is -0.981. The molecule has 4 aromatic rings. The van der Waals surface area contributed by atoms with Crippen molar-refractivity contribution in [3.63, 3.8) is 0 Å². The molecule has 4 aromatic carbocycles. The first-order valence-corrected chi connectivity index (χ1v) is 12.1. The third-order valence-corrected chi connectivity index (χ3v) is 6.17. The highest BCUT2D eigenvalue weighted by Crippen LogP contribution is 2.32. The molecule has 35 heavy (non-hydrogen) atoms. The standard InChI is InChI=1S/C31H29F3O/c1-3-5-6-7-21-8-17-26(28(32)20-21)24-13-9-22(10-14-24)23-11-15-25(16-12-23)27-18-19-29(35-4-2)31(34)30(27)33/h8-20H,3-7H2,1-2H3. The fraction of sp³-hybridized carbons (Fsp3) is 0.226. The van der Waals surface area contributed by atoms with Gasteiger partial charge in [0.05, 0.1) is 6.61 Å². The van der Waals surface area contributed by atoms with Gasteiger partial charge in [-0.3, -0.25) is 0 Å². The van der Waals surface area contributed by atoms with Gasteiger partial charge in [-0.1, -0.05) is 80.4 Å². The Morgan fingerprint density at radius 1 is 0.600 bits per heavy atom. The van der Waals surface area contributed by atoms with Crippen molar-refractivity contribution in [2.45, 2.75) is 39.5 Å². The van der Waals surface area contributed by atoms with Gasteiger partial charge in [-0.15, -0.1) is 0 Å². The van der Waals surface area contributed by atoms with Crippen LogP contribution in [0.4, 0.5) is 13.2 Å². The van der Waals surface area contributed by atoms with E-state index in [0.717, 1.165) is 47.9 Å². The van der Waals surface area contributed by atoms with Gasteiger partial charge in [0.15, 0.2) is 11.6 Å². The van der Waals surface area contributed by atoms with Crippen molar-refractivity contribution in [2.75, 3.05) is 6.61 Å². The highest BCUT2D eigenvalue weighted by molar-refractivity contribution is 5.74. The Morgan fingerprint density at radius 3 is 1.74 bits per heavy atom. The molecule has 0 aromatic heterocycles. The lowest BCUT2D eigenvalue weighted by molar-refractivity contribution is 0.314. The Labute approximate surface area is 205 Å². The second-order valence-corrected chi connectivity index (χ2v) is 8.60. The second-order valence-electron chi connectivity index (χ2n) is 8.60. The number of aryl methyl sites for hydroxylation is 1. The SMILES string of the molecule is CCCCCc1ccc(-c2ccc(-c3ccc(-c4ccc(OCC)c(F)c4F)cc3)cc2)c(F)c1. The lowest BCUT2D eigenvalue weighted by Gasteiger charge is -2.10. The fourth-order valence-corrected chi connectivity index (χ4v) is 4.23. The molecule has 0 atom stereocenters. The van der Waals surface area contributed by atoms with Crippen molar-refractivity contribution < 1.29 is 17.9 Å². The van der Waals surface area contributed by atoms with Crippen LogP contribution in [0.2, 0.25) is 0 Å². The summed E-state index contributed by atoms with van der Waals surface area (Å²) in [7, 11) is 0. The largest absolute Gasteiger partial charge is 0.491 e. The summed E-state index contributed by atoms with van der Waals surface area (Å²) in [5.41, 5.74) is 5.07. The van der Waals surface area contributed by atoms with Crippen molar-refractivity contribution in [1.29, 1.82) is 0 Å². The first kappa shape index (κ1) is 24.6. The van der Waals surface area contributed by atoms with Crippen LogP contribution in [0, 0.1) is 17.5 Å². The molecule has 0 radical (unpaired) electrons. The maximum atomic E-state index is 14.7. The summed E-state index contributed by atoms with van der Waals surface area (Å²) < 4.78 is 48.7. The summed E-state index contributed by atoms with van der Waals surface area (Å²) in [5, 5.41) is 0. The number of unbranched alkanes of at least 4 members (excludes halogenated alkanes) is 2. The van der Waals surface area contributed by atoms with E-state index in [2.05, 4.69) is 6.92 Å². The highest BCUT2D eigenvalue weighted by atomic mass is 19.2. The Hall–Kier alpha value is -3.53. The van der Waals surface area contributed by atoms with Crippen LogP contribution in [-0.2, 0) is 6.42 Å². The van der Waals surface area contributed by atoms with E-state index >= 15 is 0 Å². The van der Waals surface area contributed by atoms with Crippen LogP contribution in [0.3, 0.4) is 0 Å². The van der Waals surface area contributed by atoms with Gasteiger partial charge in [0.25, 0.3) is 0 Å². The van der Waals surface area contributed by atoms with Crippen LogP contribution in [-0.4, -0.2) is 6.61 Å². The smallest absolute Gasteiger partial charge is 0.201 e. The summed E-state index contributed by atoms with van der Waals surface area (Å²) >= 11 is 0. The predicted octanol–water partition coefficient (Wildman–Crippen LogP) is 9.24. The van der Waals surface area contributed by atoms with E-state index in [1.54, 1.807) is 25.1 Å². The zero-order chi connectivity index (χ0) is 24.8. The Balaban J connectivity index is 1.51. The zero-order valence-electron chi connectivity index (χ0n) is 20.1. The molecule has 0 aliphatic rings. The molecule has 0 aliphatic heterocycles. The Morgan fingerprint density at radius 2 is 1.17 bits per heavy atom. The molecule has 0 aliphatic carbocycles. The van der Waals surface area contributed by atoms with Gasteiger partial charge >= 0.3 is 0 Å². The van der Waals surface area contributed by atoms with Crippen molar-refractivity contribution in [2.24, 2.45) is 0 Å². The molecule has 0 bridgehead atoms. The van der Waals surface area contributed by atoms with E-state index in [9.17, 15) is 13.2 Å². The van der Waals surface area contributed by atoms with Gasteiger partial charge in [-0.2, -0.15) is 4.39 Å². The van der Waals surface area contributed by atoms with Crippen LogP contribution in [0.25, 0.3) is 33.4 Å². The van der Waals surface area contributed by atoms with Crippen LogP contribution in [0.1, 0.15) is 38.7 Å².